The fraction of sp³-hybridized carbons (Fsp3) is 1.00. The summed E-state index contributed by atoms with van der Waals surface area (Å²) in [4.78, 5) is 0. The Kier molecular flexibility index (Phi) is 6.70. The Morgan fingerprint density at radius 3 is 2.11 bits per heavy atom. The predicted octanol–water partition coefficient (Wildman–Crippen LogP) is 5.30. The van der Waals surface area contributed by atoms with Crippen LogP contribution in [-0.2, 0) is 0 Å². The van der Waals surface area contributed by atoms with Gasteiger partial charge in [-0.1, -0.05) is 51.9 Å². The Morgan fingerprint density at radius 2 is 1.56 bits per heavy atom. The van der Waals surface area contributed by atoms with Gasteiger partial charge < -0.3 is 5.32 Å². The second kappa shape index (κ2) is 7.53. The minimum atomic E-state index is 0.276. The molecule has 1 N–H and O–H groups in total. The van der Waals surface area contributed by atoms with Crippen LogP contribution < -0.4 is 5.32 Å². The lowest BCUT2D eigenvalue weighted by Crippen LogP contribution is -2.43. The molecule has 0 atom stereocenters. The van der Waals surface area contributed by atoms with Gasteiger partial charge >= 0.3 is 0 Å². The highest BCUT2D eigenvalue weighted by Crippen LogP contribution is 2.42. The Bertz CT molecular complexity index is 208. The molecule has 1 rings (SSSR count). The number of unbranched alkanes of at least 4 members (excludes halogenated alkanes) is 4. The molecule has 1 nitrogen and oxygen atoms in total. The Balaban J connectivity index is 2.29. The quantitative estimate of drug-likeness (QED) is 0.579. The Hall–Kier alpha value is -0.0400. The van der Waals surface area contributed by atoms with Gasteiger partial charge in [-0.25, -0.2) is 0 Å². The van der Waals surface area contributed by atoms with Crippen LogP contribution in [-0.4, -0.2) is 12.1 Å². The summed E-state index contributed by atoms with van der Waals surface area (Å²) in [6, 6.07) is 0. The maximum atomic E-state index is 3.76. The van der Waals surface area contributed by atoms with Crippen molar-refractivity contribution in [2.24, 2.45) is 5.41 Å². The smallest absolute Gasteiger partial charge is 0.00967 e. The summed E-state index contributed by atoms with van der Waals surface area (Å²) in [7, 11) is 0. The first kappa shape index (κ1) is 16.0. The van der Waals surface area contributed by atoms with Crippen molar-refractivity contribution in [1.29, 1.82) is 0 Å². The molecule has 1 heteroatoms. The van der Waals surface area contributed by atoms with E-state index in [2.05, 4.69) is 33.0 Å². The van der Waals surface area contributed by atoms with E-state index in [-0.39, 0.29) is 5.54 Å². The summed E-state index contributed by atoms with van der Waals surface area (Å²) >= 11 is 0. The van der Waals surface area contributed by atoms with Crippen molar-refractivity contribution in [3.05, 3.63) is 0 Å². The van der Waals surface area contributed by atoms with Gasteiger partial charge in [0.1, 0.15) is 0 Å². The van der Waals surface area contributed by atoms with E-state index in [4.69, 9.17) is 0 Å². The second-order valence-electron chi connectivity index (χ2n) is 7.47. The molecule has 0 saturated heterocycles. The molecule has 0 heterocycles. The van der Waals surface area contributed by atoms with E-state index in [0.717, 1.165) is 0 Å². The van der Waals surface area contributed by atoms with E-state index in [0.29, 0.717) is 5.41 Å². The monoisotopic (exact) mass is 253 g/mol. The van der Waals surface area contributed by atoms with Crippen LogP contribution in [0.15, 0.2) is 0 Å². The highest BCUT2D eigenvalue weighted by atomic mass is 15.0. The molecule has 18 heavy (non-hydrogen) atoms. The average Bonchev–Trinajstić information content (AvgIpc) is 2.75. The minimum absolute atomic E-state index is 0.276. The van der Waals surface area contributed by atoms with Gasteiger partial charge in [-0.15, -0.1) is 0 Å². The van der Waals surface area contributed by atoms with E-state index >= 15 is 0 Å². The molecule has 0 aromatic carbocycles. The van der Waals surface area contributed by atoms with Crippen molar-refractivity contribution in [3.8, 4) is 0 Å². The molecule has 1 aliphatic carbocycles. The highest BCUT2D eigenvalue weighted by molar-refractivity contribution is 4.88. The molecular formula is C17H35N. The van der Waals surface area contributed by atoms with Crippen molar-refractivity contribution >= 4 is 0 Å². The molecule has 0 aliphatic heterocycles. The largest absolute Gasteiger partial charge is 0.312 e. The molecule has 0 spiro atoms. The number of rotatable bonds is 8. The summed E-state index contributed by atoms with van der Waals surface area (Å²) in [5, 5.41) is 3.76. The standard InChI is InChI=1S/C17H35N/c1-5-6-7-8-9-12-17(13-10-11-14-17)15-18-16(2,3)4/h18H,5-15H2,1-4H3. The normalized spacial score (nSPS) is 19.3. The Morgan fingerprint density at radius 1 is 0.944 bits per heavy atom. The molecular weight excluding hydrogens is 218 g/mol. The zero-order valence-electron chi connectivity index (χ0n) is 13.3. The van der Waals surface area contributed by atoms with Crippen molar-refractivity contribution in [2.75, 3.05) is 6.54 Å². The molecule has 1 aliphatic rings. The van der Waals surface area contributed by atoms with Crippen LogP contribution in [0.4, 0.5) is 0 Å². The van der Waals surface area contributed by atoms with Gasteiger partial charge in [0.15, 0.2) is 0 Å². The maximum absolute atomic E-state index is 3.76. The number of hydrogen-bond acceptors (Lipinski definition) is 1. The zero-order chi connectivity index (χ0) is 13.5. The zero-order valence-corrected chi connectivity index (χ0v) is 13.3. The fourth-order valence-corrected chi connectivity index (χ4v) is 3.20. The van der Waals surface area contributed by atoms with Crippen LogP contribution in [0.2, 0.25) is 0 Å². The third-order valence-corrected chi connectivity index (χ3v) is 4.47. The molecule has 0 amide bonds. The van der Waals surface area contributed by atoms with Gasteiger partial charge in [-0.3, -0.25) is 0 Å². The molecule has 0 bridgehead atoms. The topological polar surface area (TPSA) is 12.0 Å². The average molecular weight is 253 g/mol. The van der Waals surface area contributed by atoms with E-state index in [1.54, 1.807) is 0 Å². The molecule has 1 saturated carbocycles. The summed E-state index contributed by atoms with van der Waals surface area (Å²) in [6.45, 7) is 10.4. The van der Waals surface area contributed by atoms with Gasteiger partial charge in [0.05, 0.1) is 0 Å². The van der Waals surface area contributed by atoms with Crippen molar-refractivity contribution < 1.29 is 0 Å². The van der Waals surface area contributed by atoms with E-state index in [9.17, 15) is 0 Å². The van der Waals surface area contributed by atoms with E-state index in [1.807, 2.05) is 0 Å². The Labute approximate surface area is 115 Å². The van der Waals surface area contributed by atoms with Crippen LogP contribution in [0.25, 0.3) is 0 Å². The second-order valence-corrected chi connectivity index (χ2v) is 7.47. The van der Waals surface area contributed by atoms with Crippen molar-refractivity contribution in [2.45, 2.75) is 97.4 Å². The number of hydrogen-bond donors (Lipinski definition) is 1. The molecule has 0 radical (unpaired) electrons. The van der Waals surface area contributed by atoms with Crippen LogP contribution in [0, 0.1) is 5.41 Å². The fourth-order valence-electron chi connectivity index (χ4n) is 3.20. The van der Waals surface area contributed by atoms with Crippen LogP contribution in [0.5, 0.6) is 0 Å². The first-order valence-electron chi connectivity index (χ1n) is 8.22. The lowest BCUT2D eigenvalue weighted by molar-refractivity contribution is 0.222. The summed E-state index contributed by atoms with van der Waals surface area (Å²) in [5.74, 6) is 0. The third-order valence-electron chi connectivity index (χ3n) is 4.47. The van der Waals surface area contributed by atoms with Crippen LogP contribution in [0.3, 0.4) is 0 Å². The van der Waals surface area contributed by atoms with E-state index in [1.165, 1.54) is 70.8 Å². The lowest BCUT2D eigenvalue weighted by Gasteiger charge is -2.33. The third kappa shape index (κ3) is 6.22. The highest BCUT2D eigenvalue weighted by Gasteiger charge is 2.33. The van der Waals surface area contributed by atoms with Crippen LogP contribution >= 0.6 is 0 Å². The molecule has 0 unspecified atom stereocenters. The van der Waals surface area contributed by atoms with Crippen LogP contribution in [0.1, 0.15) is 91.9 Å². The summed E-state index contributed by atoms with van der Waals surface area (Å²) < 4.78 is 0. The molecule has 0 aromatic rings. The summed E-state index contributed by atoms with van der Waals surface area (Å²) in [5.41, 5.74) is 0.914. The molecule has 108 valence electrons. The summed E-state index contributed by atoms with van der Waals surface area (Å²) in [6.07, 6.45) is 14.4. The van der Waals surface area contributed by atoms with Crippen molar-refractivity contribution in [1.82, 2.24) is 5.32 Å². The molecule has 1 fully saturated rings. The van der Waals surface area contributed by atoms with Gasteiger partial charge in [0, 0.05) is 12.1 Å². The lowest BCUT2D eigenvalue weighted by atomic mass is 9.80. The van der Waals surface area contributed by atoms with Gasteiger partial charge in [0.25, 0.3) is 0 Å². The molecule has 0 aromatic heterocycles. The van der Waals surface area contributed by atoms with E-state index < -0.39 is 0 Å². The van der Waals surface area contributed by atoms with Crippen molar-refractivity contribution in [3.63, 3.8) is 0 Å². The first-order chi connectivity index (χ1) is 8.47. The first-order valence-corrected chi connectivity index (χ1v) is 8.22. The maximum Gasteiger partial charge on any atom is 0.00967 e. The number of nitrogens with one attached hydrogen (secondary N) is 1. The van der Waals surface area contributed by atoms with Gasteiger partial charge in [-0.05, 0) is 45.4 Å². The minimum Gasteiger partial charge on any atom is -0.312 e. The van der Waals surface area contributed by atoms with Gasteiger partial charge in [-0.2, -0.15) is 0 Å². The SMILES string of the molecule is CCCCCCCC1(CNC(C)(C)C)CCCC1. The predicted molar refractivity (Wildman–Crippen MR) is 82.0 cm³/mol. The van der Waals surface area contributed by atoms with Gasteiger partial charge in [0.2, 0.25) is 0 Å².